The molecule has 2 aromatic rings. The van der Waals surface area contributed by atoms with Gasteiger partial charge in [0, 0.05) is 30.4 Å². The minimum Gasteiger partial charge on any atom is -0.496 e. The van der Waals surface area contributed by atoms with E-state index in [1.54, 1.807) is 25.3 Å². The van der Waals surface area contributed by atoms with E-state index in [-0.39, 0.29) is 23.5 Å². The van der Waals surface area contributed by atoms with Gasteiger partial charge in [0.2, 0.25) is 0 Å². The number of anilines is 1. The fourth-order valence-electron chi connectivity index (χ4n) is 3.72. The van der Waals surface area contributed by atoms with Gasteiger partial charge in [0.15, 0.2) is 0 Å². The number of carbonyl (C=O) groups is 2. The molecule has 0 aromatic heterocycles. The summed E-state index contributed by atoms with van der Waals surface area (Å²) in [6, 6.07) is 11.7. The van der Waals surface area contributed by atoms with Crippen molar-refractivity contribution in [2.75, 3.05) is 25.1 Å². The summed E-state index contributed by atoms with van der Waals surface area (Å²) >= 11 is 0.909. The minimum atomic E-state index is -0.354. The van der Waals surface area contributed by atoms with E-state index in [2.05, 4.69) is 4.90 Å². The third kappa shape index (κ3) is 4.36. The van der Waals surface area contributed by atoms with Gasteiger partial charge < -0.3 is 9.64 Å². The van der Waals surface area contributed by atoms with Crippen LogP contribution >= 0.6 is 11.8 Å². The van der Waals surface area contributed by atoms with Crippen LogP contribution in [0.5, 0.6) is 5.75 Å². The van der Waals surface area contributed by atoms with E-state index in [0.717, 1.165) is 36.1 Å². The summed E-state index contributed by atoms with van der Waals surface area (Å²) in [5, 5.41) is -0.334. The molecule has 2 amide bonds. The van der Waals surface area contributed by atoms with Crippen LogP contribution in [0.2, 0.25) is 0 Å². The molecule has 4 rings (SSSR count). The Morgan fingerprint density at radius 1 is 1.07 bits per heavy atom. The maximum atomic E-state index is 13.1. The minimum absolute atomic E-state index is 0.118. The number of benzene rings is 2. The summed E-state index contributed by atoms with van der Waals surface area (Å²) in [6.07, 6.45) is 5.34. The highest BCUT2D eigenvalue weighted by Gasteiger charge is 2.35. The number of halogens is 1. The molecule has 2 aliphatic heterocycles. The Hall–Kier alpha value is -2.80. The molecule has 2 aromatic carbocycles. The maximum Gasteiger partial charge on any atom is 0.293 e. The average Bonchev–Trinajstić information content (AvgIpc) is 3.03. The summed E-state index contributed by atoms with van der Waals surface area (Å²) in [4.78, 5) is 29.1. The fraction of sp³-hybridized carbons (Fsp3) is 0.304. The molecule has 0 unspecified atom stereocenters. The molecule has 7 heteroatoms. The molecule has 2 aliphatic rings. The molecule has 156 valence electrons. The highest BCUT2D eigenvalue weighted by atomic mass is 32.2. The molecular weight excluding hydrogens is 403 g/mol. The molecule has 0 aliphatic carbocycles. The van der Waals surface area contributed by atoms with E-state index < -0.39 is 0 Å². The molecule has 2 heterocycles. The van der Waals surface area contributed by atoms with Gasteiger partial charge in [0.25, 0.3) is 11.1 Å². The zero-order valence-electron chi connectivity index (χ0n) is 16.8. The Bertz CT molecular complexity index is 984. The van der Waals surface area contributed by atoms with Crippen LogP contribution in [-0.2, 0) is 11.3 Å². The van der Waals surface area contributed by atoms with Crippen LogP contribution in [0.25, 0.3) is 6.08 Å². The van der Waals surface area contributed by atoms with Crippen molar-refractivity contribution >= 4 is 34.7 Å². The smallest absolute Gasteiger partial charge is 0.293 e. The first kappa shape index (κ1) is 20.5. The van der Waals surface area contributed by atoms with Crippen LogP contribution in [-0.4, -0.2) is 36.2 Å². The largest absolute Gasteiger partial charge is 0.496 e. The van der Waals surface area contributed by atoms with Crippen LogP contribution in [0.3, 0.4) is 0 Å². The summed E-state index contributed by atoms with van der Waals surface area (Å²) in [5.74, 6) is -0.0345. The first-order chi connectivity index (χ1) is 14.5. The molecule has 0 spiro atoms. The molecule has 0 atom stereocenters. The lowest BCUT2D eigenvalue weighted by Crippen LogP contribution is -2.29. The second kappa shape index (κ2) is 8.92. The van der Waals surface area contributed by atoms with Crippen molar-refractivity contribution in [3.05, 3.63) is 64.3 Å². The molecule has 0 N–H and O–H groups in total. The zero-order valence-corrected chi connectivity index (χ0v) is 17.6. The number of amides is 2. The van der Waals surface area contributed by atoms with Crippen molar-refractivity contribution in [1.29, 1.82) is 0 Å². The molecule has 0 bridgehead atoms. The first-order valence-corrected chi connectivity index (χ1v) is 10.8. The average molecular weight is 427 g/mol. The van der Waals surface area contributed by atoms with Crippen molar-refractivity contribution in [3.8, 4) is 5.75 Å². The monoisotopic (exact) mass is 426 g/mol. The standard InChI is InChI=1S/C23H23FN2O3S/c1-29-20-14-19(25-11-3-2-4-12-25)10-7-17(20)13-21-22(27)26(23(28)30-21)15-16-5-8-18(24)9-6-16/h5-10,13-14H,2-4,11-12,15H2,1H3/b21-13-. The maximum absolute atomic E-state index is 13.1. The van der Waals surface area contributed by atoms with Gasteiger partial charge in [-0.05, 0) is 66.9 Å². The summed E-state index contributed by atoms with van der Waals surface area (Å²) in [6.45, 7) is 2.18. The Balaban J connectivity index is 1.54. The Morgan fingerprint density at radius 2 is 1.80 bits per heavy atom. The Kier molecular flexibility index (Phi) is 6.08. The van der Waals surface area contributed by atoms with Crippen molar-refractivity contribution in [2.45, 2.75) is 25.8 Å². The lowest BCUT2D eigenvalue weighted by molar-refractivity contribution is -0.123. The molecular formula is C23H23FN2O3S. The number of methoxy groups -OCH3 is 1. The second-order valence-corrected chi connectivity index (χ2v) is 8.36. The Labute approximate surface area is 179 Å². The van der Waals surface area contributed by atoms with E-state index in [1.165, 1.54) is 36.3 Å². The summed E-state index contributed by atoms with van der Waals surface area (Å²) in [5.41, 5.74) is 2.56. The number of hydrogen-bond donors (Lipinski definition) is 0. The highest BCUT2D eigenvalue weighted by molar-refractivity contribution is 8.18. The van der Waals surface area contributed by atoms with Crippen molar-refractivity contribution < 1.29 is 18.7 Å². The highest BCUT2D eigenvalue weighted by Crippen LogP contribution is 2.36. The Morgan fingerprint density at radius 3 is 2.50 bits per heavy atom. The molecule has 0 saturated carbocycles. The van der Waals surface area contributed by atoms with E-state index >= 15 is 0 Å². The fourth-order valence-corrected chi connectivity index (χ4v) is 4.55. The van der Waals surface area contributed by atoms with Gasteiger partial charge in [0.05, 0.1) is 18.6 Å². The van der Waals surface area contributed by atoms with Gasteiger partial charge >= 0.3 is 0 Å². The van der Waals surface area contributed by atoms with E-state index in [1.807, 2.05) is 18.2 Å². The van der Waals surface area contributed by atoms with E-state index in [4.69, 9.17) is 4.74 Å². The van der Waals surface area contributed by atoms with Crippen LogP contribution in [0.15, 0.2) is 47.4 Å². The van der Waals surface area contributed by atoms with Crippen LogP contribution in [0.4, 0.5) is 14.9 Å². The van der Waals surface area contributed by atoms with Gasteiger partial charge in [-0.3, -0.25) is 14.5 Å². The predicted molar refractivity (Wildman–Crippen MR) is 117 cm³/mol. The number of hydrogen-bond acceptors (Lipinski definition) is 5. The zero-order chi connectivity index (χ0) is 21.1. The lowest BCUT2D eigenvalue weighted by Gasteiger charge is -2.29. The van der Waals surface area contributed by atoms with Gasteiger partial charge in [-0.1, -0.05) is 12.1 Å². The number of thioether (sulfide) groups is 1. The number of ether oxygens (including phenoxy) is 1. The third-order valence-electron chi connectivity index (χ3n) is 5.35. The number of nitrogens with zero attached hydrogens (tertiary/aromatic N) is 2. The van der Waals surface area contributed by atoms with Crippen LogP contribution < -0.4 is 9.64 Å². The van der Waals surface area contributed by atoms with Crippen molar-refractivity contribution in [1.82, 2.24) is 4.90 Å². The SMILES string of the molecule is COc1cc(N2CCCCC2)ccc1/C=C1\SC(=O)N(Cc2ccc(F)cc2)C1=O. The van der Waals surface area contributed by atoms with Gasteiger partial charge in [-0.2, -0.15) is 0 Å². The topological polar surface area (TPSA) is 49.9 Å². The molecule has 30 heavy (non-hydrogen) atoms. The first-order valence-electron chi connectivity index (χ1n) is 9.98. The summed E-state index contributed by atoms with van der Waals surface area (Å²) < 4.78 is 18.7. The van der Waals surface area contributed by atoms with Gasteiger partial charge in [-0.25, -0.2) is 4.39 Å². The number of rotatable bonds is 5. The predicted octanol–water partition coefficient (Wildman–Crippen LogP) is 5.06. The van der Waals surface area contributed by atoms with Gasteiger partial charge in [-0.15, -0.1) is 0 Å². The molecule has 2 fully saturated rings. The number of piperidine rings is 1. The van der Waals surface area contributed by atoms with Crippen molar-refractivity contribution in [2.24, 2.45) is 0 Å². The third-order valence-corrected chi connectivity index (χ3v) is 6.26. The second-order valence-electron chi connectivity index (χ2n) is 7.37. The molecule has 0 radical (unpaired) electrons. The van der Waals surface area contributed by atoms with Crippen molar-refractivity contribution in [3.63, 3.8) is 0 Å². The van der Waals surface area contributed by atoms with E-state index in [0.29, 0.717) is 16.2 Å². The quantitative estimate of drug-likeness (QED) is 0.626. The van der Waals surface area contributed by atoms with Gasteiger partial charge in [0.1, 0.15) is 11.6 Å². The van der Waals surface area contributed by atoms with Crippen LogP contribution in [0, 0.1) is 5.82 Å². The molecule has 2 saturated heterocycles. The summed E-state index contributed by atoms with van der Waals surface area (Å²) in [7, 11) is 1.60. The number of imide groups is 1. The van der Waals surface area contributed by atoms with E-state index in [9.17, 15) is 14.0 Å². The lowest BCUT2D eigenvalue weighted by atomic mass is 10.1. The molecule has 5 nitrogen and oxygen atoms in total. The number of carbonyl (C=O) groups excluding carboxylic acids is 2. The normalized spacial score (nSPS) is 18.4. The van der Waals surface area contributed by atoms with Crippen LogP contribution in [0.1, 0.15) is 30.4 Å².